The van der Waals surface area contributed by atoms with E-state index in [1.54, 1.807) is 0 Å². The molecule has 0 radical (unpaired) electrons. The van der Waals surface area contributed by atoms with E-state index >= 15 is 0 Å². The van der Waals surface area contributed by atoms with E-state index in [1.165, 1.54) is 11.1 Å². The highest BCUT2D eigenvalue weighted by Crippen LogP contribution is 2.18. The van der Waals surface area contributed by atoms with Gasteiger partial charge in [0.05, 0.1) is 6.61 Å². The Morgan fingerprint density at radius 1 is 0.810 bits per heavy atom. The predicted octanol–water partition coefficient (Wildman–Crippen LogP) is 3.71. The topological polar surface area (TPSA) is 23.5 Å². The zero-order valence-electron chi connectivity index (χ0n) is 12.9. The summed E-state index contributed by atoms with van der Waals surface area (Å²) in [7, 11) is 0. The normalized spacial score (nSPS) is 12.8. The predicted molar refractivity (Wildman–Crippen MR) is 87.8 cm³/mol. The minimum Gasteiger partial charge on any atom is -0.395 e. The van der Waals surface area contributed by atoms with Crippen molar-refractivity contribution in [3.8, 4) is 0 Å². The van der Waals surface area contributed by atoms with Crippen LogP contribution in [0.5, 0.6) is 0 Å². The number of nitrogens with zero attached hydrogens (tertiary/aromatic N) is 1. The Labute approximate surface area is 128 Å². The van der Waals surface area contributed by atoms with Gasteiger partial charge in [-0.25, -0.2) is 0 Å². The Morgan fingerprint density at radius 3 is 1.57 bits per heavy atom. The molecule has 0 fully saturated rings. The van der Waals surface area contributed by atoms with E-state index in [1.807, 2.05) is 12.1 Å². The van der Waals surface area contributed by atoms with Gasteiger partial charge in [-0.2, -0.15) is 0 Å². The standard InChI is InChI=1S/C19H25NO/c1-16(2)19(15-21)20(13-17-9-5-3-6-10-17)14-18-11-7-4-8-12-18/h3-12,16,19,21H,13-15H2,1-2H3/t19-/m0/s1. The fourth-order valence-electron chi connectivity index (χ4n) is 2.67. The second-order valence-electron chi connectivity index (χ2n) is 5.87. The molecule has 0 aromatic heterocycles. The molecule has 112 valence electrons. The summed E-state index contributed by atoms with van der Waals surface area (Å²) in [6.07, 6.45) is 0. The molecule has 2 nitrogen and oxygen atoms in total. The van der Waals surface area contributed by atoms with Crippen LogP contribution >= 0.6 is 0 Å². The van der Waals surface area contributed by atoms with Crippen LogP contribution in [-0.4, -0.2) is 22.7 Å². The minimum atomic E-state index is 0.172. The quantitative estimate of drug-likeness (QED) is 0.837. The molecule has 0 aliphatic rings. The van der Waals surface area contributed by atoms with Crippen molar-refractivity contribution in [1.29, 1.82) is 0 Å². The van der Waals surface area contributed by atoms with Crippen molar-refractivity contribution in [3.05, 3.63) is 71.8 Å². The van der Waals surface area contributed by atoms with Crippen LogP contribution in [-0.2, 0) is 13.1 Å². The summed E-state index contributed by atoms with van der Waals surface area (Å²) in [5, 5.41) is 9.78. The van der Waals surface area contributed by atoms with Crippen LogP contribution in [0.3, 0.4) is 0 Å². The number of aliphatic hydroxyl groups excluding tert-OH is 1. The average Bonchev–Trinajstić information content (AvgIpc) is 2.49. The number of rotatable bonds is 7. The lowest BCUT2D eigenvalue weighted by molar-refractivity contribution is 0.0784. The first-order valence-corrected chi connectivity index (χ1v) is 7.63. The van der Waals surface area contributed by atoms with Gasteiger partial charge in [0.1, 0.15) is 0 Å². The summed E-state index contributed by atoms with van der Waals surface area (Å²) in [5.41, 5.74) is 2.57. The molecule has 21 heavy (non-hydrogen) atoms. The molecule has 0 unspecified atom stereocenters. The fraction of sp³-hybridized carbons (Fsp3) is 0.368. The van der Waals surface area contributed by atoms with Crippen molar-refractivity contribution in [1.82, 2.24) is 4.90 Å². The van der Waals surface area contributed by atoms with Crippen molar-refractivity contribution < 1.29 is 5.11 Å². The molecule has 0 amide bonds. The van der Waals surface area contributed by atoms with Crippen molar-refractivity contribution in [2.75, 3.05) is 6.61 Å². The first kappa shape index (κ1) is 15.7. The molecule has 2 aromatic rings. The first-order chi connectivity index (χ1) is 10.2. The summed E-state index contributed by atoms with van der Waals surface area (Å²) in [6, 6.07) is 21.1. The molecule has 0 aliphatic heterocycles. The zero-order chi connectivity index (χ0) is 15.1. The molecular formula is C19H25NO. The highest BCUT2D eigenvalue weighted by atomic mass is 16.3. The molecule has 0 saturated carbocycles. The van der Waals surface area contributed by atoms with Gasteiger partial charge in [-0.3, -0.25) is 4.90 Å². The second-order valence-corrected chi connectivity index (χ2v) is 5.87. The van der Waals surface area contributed by atoms with Gasteiger partial charge in [0.15, 0.2) is 0 Å². The number of hydrogen-bond donors (Lipinski definition) is 1. The summed E-state index contributed by atoms with van der Waals surface area (Å²) >= 11 is 0. The smallest absolute Gasteiger partial charge is 0.0589 e. The van der Waals surface area contributed by atoms with E-state index < -0.39 is 0 Å². The van der Waals surface area contributed by atoms with Crippen LogP contribution in [0.4, 0.5) is 0 Å². The van der Waals surface area contributed by atoms with E-state index in [0.717, 1.165) is 13.1 Å². The Bertz CT molecular complexity index is 468. The lowest BCUT2D eigenvalue weighted by atomic mass is 10.0. The summed E-state index contributed by atoms with van der Waals surface area (Å²) in [6.45, 7) is 6.25. The number of benzene rings is 2. The van der Waals surface area contributed by atoms with Crippen molar-refractivity contribution in [2.45, 2.75) is 33.0 Å². The van der Waals surface area contributed by atoms with Crippen LogP contribution < -0.4 is 0 Å². The summed E-state index contributed by atoms with van der Waals surface area (Å²) < 4.78 is 0. The number of aliphatic hydroxyl groups is 1. The molecule has 1 atom stereocenters. The SMILES string of the molecule is CC(C)[C@H](CO)N(Cc1ccccc1)Cc1ccccc1. The molecule has 0 heterocycles. The minimum absolute atomic E-state index is 0.172. The van der Waals surface area contributed by atoms with Crippen LogP contribution in [0.2, 0.25) is 0 Å². The molecular weight excluding hydrogens is 258 g/mol. The van der Waals surface area contributed by atoms with E-state index in [-0.39, 0.29) is 12.6 Å². The van der Waals surface area contributed by atoms with Gasteiger partial charge in [0.25, 0.3) is 0 Å². The molecule has 0 spiro atoms. The molecule has 0 bridgehead atoms. The number of hydrogen-bond acceptors (Lipinski definition) is 2. The lowest BCUT2D eigenvalue weighted by Gasteiger charge is -2.33. The Hall–Kier alpha value is -1.64. The van der Waals surface area contributed by atoms with E-state index in [4.69, 9.17) is 0 Å². The molecule has 1 N–H and O–H groups in total. The maximum atomic E-state index is 9.78. The molecule has 2 rings (SSSR count). The van der Waals surface area contributed by atoms with E-state index in [9.17, 15) is 5.11 Å². The zero-order valence-corrected chi connectivity index (χ0v) is 12.9. The Kier molecular flexibility index (Phi) is 5.97. The van der Waals surface area contributed by atoms with Gasteiger partial charge in [-0.05, 0) is 17.0 Å². The summed E-state index contributed by atoms with van der Waals surface area (Å²) in [4.78, 5) is 2.37. The third kappa shape index (κ3) is 4.69. The second kappa shape index (κ2) is 7.96. The average molecular weight is 283 g/mol. The largest absolute Gasteiger partial charge is 0.395 e. The summed E-state index contributed by atoms with van der Waals surface area (Å²) in [5.74, 6) is 0.419. The Balaban J connectivity index is 2.17. The van der Waals surface area contributed by atoms with Crippen LogP contribution in [0.15, 0.2) is 60.7 Å². The van der Waals surface area contributed by atoms with Crippen molar-refractivity contribution >= 4 is 0 Å². The lowest BCUT2D eigenvalue weighted by Crippen LogP contribution is -2.40. The van der Waals surface area contributed by atoms with Crippen LogP contribution in [0.1, 0.15) is 25.0 Å². The monoisotopic (exact) mass is 283 g/mol. The van der Waals surface area contributed by atoms with Crippen LogP contribution in [0, 0.1) is 5.92 Å². The van der Waals surface area contributed by atoms with Crippen molar-refractivity contribution in [2.24, 2.45) is 5.92 Å². The third-order valence-electron chi connectivity index (χ3n) is 3.88. The molecule has 0 saturated heterocycles. The maximum Gasteiger partial charge on any atom is 0.0589 e. The molecule has 2 aromatic carbocycles. The van der Waals surface area contributed by atoms with E-state index in [2.05, 4.69) is 67.3 Å². The fourth-order valence-corrected chi connectivity index (χ4v) is 2.67. The van der Waals surface area contributed by atoms with Gasteiger partial charge in [-0.1, -0.05) is 74.5 Å². The van der Waals surface area contributed by atoms with Crippen molar-refractivity contribution in [3.63, 3.8) is 0 Å². The first-order valence-electron chi connectivity index (χ1n) is 7.63. The van der Waals surface area contributed by atoms with Gasteiger partial charge in [0, 0.05) is 19.1 Å². The highest BCUT2D eigenvalue weighted by molar-refractivity contribution is 5.17. The third-order valence-corrected chi connectivity index (χ3v) is 3.88. The van der Waals surface area contributed by atoms with Gasteiger partial charge in [0.2, 0.25) is 0 Å². The Morgan fingerprint density at radius 2 is 1.24 bits per heavy atom. The maximum absolute atomic E-state index is 9.78. The molecule has 2 heteroatoms. The van der Waals surface area contributed by atoms with Gasteiger partial charge >= 0.3 is 0 Å². The van der Waals surface area contributed by atoms with Gasteiger partial charge < -0.3 is 5.11 Å². The van der Waals surface area contributed by atoms with E-state index in [0.29, 0.717) is 5.92 Å². The van der Waals surface area contributed by atoms with Crippen LogP contribution in [0.25, 0.3) is 0 Å². The van der Waals surface area contributed by atoms with Gasteiger partial charge in [-0.15, -0.1) is 0 Å². The molecule has 0 aliphatic carbocycles. The highest BCUT2D eigenvalue weighted by Gasteiger charge is 2.21.